The number of hydrogen-bond acceptors (Lipinski definition) is 2. The maximum atomic E-state index is 10.9. The largest absolute Gasteiger partial charge is 0.465 e. The molecular formula is C13H10O2. The average molecular weight is 198 g/mol. The van der Waals surface area contributed by atoms with Crippen LogP contribution in [0.2, 0.25) is 0 Å². The van der Waals surface area contributed by atoms with Crippen molar-refractivity contribution in [3.63, 3.8) is 0 Å². The summed E-state index contributed by atoms with van der Waals surface area (Å²) in [5.41, 5.74) is 1.51. The van der Waals surface area contributed by atoms with Gasteiger partial charge in [0.2, 0.25) is 0 Å². The fourth-order valence-electron chi connectivity index (χ4n) is 1.34. The van der Waals surface area contributed by atoms with Gasteiger partial charge in [0, 0.05) is 5.57 Å². The number of aldehydes is 1. The van der Waals surface area contributed by atoms with Gasteiger partial charge in [-0.1, -0.05) is 30.3 Å². The van der Waals surface area contributed by atoms with Crippen LogP contribution in [0.25, 0.3) is 11.6 Å². The van der Waals surface area contributed by atoms with Gasteiger partial charge in [0.1, 0.15) is 5.76 Å². The molecule has 0 spiro atoms. The molecule has 0 amide bonds. The van der Waals surface area contributed by atoms with Gasteiger partial charge in [-0.05, 0) is 23.8 Å². The van der Waals surface area contributed by atoms with Crippen LogP contribution in [-0.4, -0.2) is 6.29 Å². The number of hydrogen-bond donors (Lipinski definition) is 0. The smallest absolute Gasteiger partial charge is 0.150 e. The molecule has 15 heavy (non-hydrogen) atoms. The second-order valence-corrected chi connectivity index (χ2v) is 3.10. The van der Waals surface area contributed by atoms with Crippen molar-refractivity contribution in [2.45, 2.75) is 0 Å². The summed E-state index contributed by atoms with van der Waals surface area (Å²) >= 11 is 0. The van der Waals surface area contributed by atoms with E-state index < -0.39 is 0 Å². The first-order valence-corrected chi connectivity index (χ1v) is 4.66. The van der Waals surface area contributed by atoms with E-state index in [1.807, 2.05) is 36.4 Å². The highest BCUT2D eigenvalue weighted by molar-refractivity contribution is 6.13. The SMILES string of the molecule is O=C/C(=C\c1ccco1)c1ccccc1. The molecule has 0 radical (unpaired) electrons. The van der Waals surface area contributed by atoms with Crippen LogP contribution in [0, 0.1) is 0 Å². The van der Waals surface area contributed by atoms with E-state index in [2.05, 4.69) is 0 Å². The van der Waals surface area contributed by atoms with Gasteiger partial charge in [-0.25, -0.2) is 0 Å². The van der Waals surface area contributed by atoms with Crippen LogP contribution >= 0.6 is 0 Å². The monoisotopic (exact) mass is 198 g/mol. The van der Waals surface area contributed by atoms with Crippen LogP contribution in [0.15, 0.2) is 53.1 Å². The molecule has 0 atom stereocenters. The zero-order valence-electron chi connectivity index (χ0n) is 8.09. The predicted octanol–water partition coefficient (Wildman–Crippen LogP) is 3.02. The Kier molecular flexibility index (Phi) is 2.79. The van der Waals surface area contributed by atoms with E-state index in [4.69, 9.17) is 4.42 Å². The van der Waals surface area contributed by atoms with E-state index in [9.17, 15) is 4.79 Å². The Bertz CT molecular complexity index is 453. The number of benzene rings is 1. The number of carbonyl (C=O) groups is 1. The summed E-state index contributed by atoms with van der Waals surface area (Å²) in [6, 6.07) is 13.1. The summed E-state index contributed by atoms with van der Waals surface area (Å²) in [4.78, 5) is 10.9. The Morgan fingerprint density at radius 1 is 1.07 bits per heavy atom. The minimum atomic E-state index is 0.616. The first kappa shape index (κ1) is 9.46. The normalized spacial score (nSPS) is 11.3. The minimum Gasteiger partial charge on any atom is -0.465 e. The Labute approximate surface area is 87.8 Å². The number of furan rings is 1. The van der Waals surface area contributed by atoms with E-state index in [0.717, 1.165) is 11.8 Å². The fraction of sp³-hybridized carbons (Fsp3) is 0. The lowest BCUT2D eigenvalue weighted by Crippen LogP contribution is -1.84. The van der Waals surface area contributed by atoms with Crippen molar-refractivity contribution in [1.82, 2.24) is 0 Å². The van der Waals surface area contributed by atoms with Gasteiger partial charge < -0.3 is 4.42 Å². The molecule has 2 rings (SSSR count). The summed E-state index contributed by atoms with van der Waals surface area (Å²) in [6.45, 7) is 0. The van der Waals surface area contributed by atoms with Crippen LogP contribution < -0.4 is 0 Å². The standard InChI is InChI=1S/C13H10O2/c14-10-12(9-13-7-4-8-15-13)11-5-2-1-3-6-11/h1-10H/b12-9+. The molecule has 0 N–H and O–H groups in total. The van der Waals surface area contributed by atoms with Crippen molar-refractivity contribution in [1.29, 1.82) is 0 Å². The van der Waals surface area contributed by atoms with Crippen molar-refractivity contribution in [2.24, 2.45) is 0 Å². The fourth-order valence-corrected chi connectivity index (χ4v) is 1.34. The lowest BCUT2D eigenvalue weighted by atomic mass is 10.1. The second kappa shape index (κ2) is 4.42. The Balaban J connectivity index is 2.37. The first-order chi connectivity index (χ1) is 7.40. The van der Waals surface area contributed by atoms with Gasteiger partial charge in [0.15, 0.2) is 6.29 Å². The van der Waals surface area contributed by atoms with Crippen molar-refractivity contribution >= 4 is 17.9 Å². The molecule has 1 aromatic heterocycles. The zero-order chi connectivity index (χ0) is 10.5. The topological polar surface area (TPSA) is 30.2 Å². The number of allylic oxidation sites excluding steroid dienone is 1. The summed E-state index contributed by atoms with van der Waals surface area (Å²) in [5.74, 6) is 0.681. The van der Waals surface area contributed by atoms with E-state index in [1.165, 1.54) is 0 Å². The molecule has 0 unspecified atom stereocenters. The van der Waals surface area contributed by atoms with Crippen LogP contribution in [0.5, 0.6) is 0 Å². The molecule has 0 aliphatic carbocycles. The molecule has 1 aromatic carbocycles. The average Bonchev–Trinajstić information content (AvgIpc) is 2.80. The van der Waals surface area contributed by atoms with Gasteiger partial charge in [-0.15, -0.1) is 0 Å². The zero-order valence-corrected chi connectivity index (χ0v) is 8.09. The van der Waals surface area contributed by atoms with Crippen molar-refractivity contribution < 1.29 is 9.21 Å². The lowest BCUT2D eigenvalue weighted by Gasteiger charge is -1.97. The molecule has 0 bridgehead atoms. The molecule has 2 nitrogen and oxygen atoms in total. The van der Waals surface area contributed by atoms with Gasteiger partial charge in [-0.2, -0.15) is 0 Å². The Hall–Kier alpha value is -2.09. The molecule has 0 aliphatic heterocycles. The molecule has 0 saturated heterocycles. The molecule has 2 heteroatoms. The maximum absolute atomic E-state index is 10.9. The minimum absolute atomic E-state index is 0.616. The highest BCUT2D eigenvalue weighted by Gasteiger charge is 2.00. The summed E-state index contributed by atoms with van der Waals surface area (Å²) in [7, 11) is 0. The lowest BCUT2D eigenvalue weighted by molar-refractivity contribution is -0.103. The van der Waals surface area contributed by atoms with E-state index in [1.54, 1.807) is 18.4 Å². The Morgan fingerprint density at radius 3 is 2.47 bits per heavy atom. The van der Waals surface area contributed by atoms with E-state index >= 15 is 0 Å². The van der Waals surface area contributed by atoms with Gasteiger partial charge in [0.05, 0.1) is 6.26 Å². The summed E-state index contributed by atoms with van der Waals surface area (Å²) in [5, 5.41) is 0. The molecule has 0 aliphatic rings. The third kappa shape index (κ3) is 2.23. The number of carbonyl (C=O) groups excluding carboxylic acids is 1. The van der Waals surface area contributed by atoms with Crippen LogP contribution in [0.1, 0.15) is 11.3 Å². The van der Waals surface area contributed by atoms with E-state index in [-0.39, 0.29) is 0 Å². The second-order valence-electron chi connectivity index (χ2n) is 3.10. The highest BCUT2D eigenvalue weighted by atomic mass is 16.3. The van der Waals surface area contributed by atoms with Crippen molar-refractivity contribution in [3.05, 3.63) is 60.1 Å². The third-order valence-corrected chi connectivity index (χ3v) is 2.08. The van der Waals surface area contributed by atoms with Crippen LogP contribution in [0.4, 0.5) is 0 Å². The predicted molar refractivity (Wildman–Crippen MR) is 59.1 cm³/mol. The molecule has 2 aromatic rings. The van der Waals surface area contributed by atoms with E-state index in [0.29, 0.717) is 11.3 Å². The van der Waals surface area contributed by atoms with Crippen molar-refractivity contribution in [3.8, 4) is 0 Å². The molecule has 74 valence electrons. The van der Waals surface area contributed by atoms with Crippen molar-refractivity contribution in [2.75, 3.05) is 0 Å². The highest BCUT2D eigenvalue weighted by Crippen LogP contribution is 2.15. The van der Waals surface area contributed by atoms with Gasteiger partial charge in [0.25, 0.3) is 0 Å². The Morgan fingerprint density at radius 2 is 1.87 bits per heavy atom. The molecule has 1 heterocycles. The van der Waals surface area contributed by atoms with Crippen LogP contribution in [-0.2, 0) is 4.79 Å². The van der Waals surface area contributed by atoms with Gasteiger partial charge >= 0.3 is 0 Å². The van der Waals surface area contributed by atoms with Crippen LogP contribution in [0.3, 0.4) is 0 Å². The summed E-state index contributed by atoms with van der Waals surface area (Å²) in [6.07, 6.45) is 4.14. The third-order valence-electron chi connectivity index (χ3n) is 2.08. The summed E-state index contributed by atoms with van der Waals surface area (Å²) < 4.78 is 5.15. The maximum Gasteiger partial charge on any atom is 0.150 e. The van der Waals surface area contributed by atoms with Gasteiger partial charge in [-0.3, -0.25) is 4.79 Å². The quantitative estimate of drug-likeness (QED) is 0.560. The molecule has 0 fully saturated rings. The molecular weight excluding hydrogens is 188 g/mol. The molecule has 0 saturated carbocycles. The number of rotatable bonds is 3. The first-order valence-electron chi connectivity index (χ1n) is 4.66.